The lowest BCUT2D eigenvalue weighted by atomic mass is 9.84. The van der Waals surface area contributed by atoms with Crippen LogP contribution in [-0.2, 0) is 13.5 Å². The van der Waals surface area contributed by atoms with Crippen molar-refractivity contribution in [1.82, 2.24) is 20.3 Å². The molecule has 16 heavy (non-hydrogen) atoms. The van der Waals surface area contributed by atoms with Gasteiger partial charge in [-0.05, 0) is 24.8 Å². The first-order valence-electron chi connectivity index (χ1n) is 5.98. The van der Waals surface area contributed by atoms with Gasteiger partial charge in [-0.2, -0.15) is 0 Å². The molecule has 0 aliphatic heterocycles. The second-order valence-electron chi connectivity index (χ2n) is 5.58. The first-order valence-corrected chi connectivity index (χ1v) is 5.98. The van der Waals surface area contributed by atoms with Crippen LogP contribution in [0.15, 0.2) is 6.20 Å². The Bertz CT molecular complexity index is 315. The minimum absolute atomic E-state index is 0.276. The third-order valence-corrected chi connectivity index (χ3v) is 2.66. The highest BCUT2D eigenvalue weighted by Crippen LogP contribution is 2.24. The molecule has 1 aromatic heterocycles. The third-order valence-electron chi connectivity index (χ3n) is 2.66. The molecule has 0 spiro atoms. The van der Waals surface area contributed by atoms with Crippen molar-refractivity contribution in [2.75, 3.05) is 6.54 Å². The maximum absolute atomic E-state index is 4.14. The maximum atomic E-state index is 4.14. The van der Waals surface area contributed by atoms with Crippen molar-refractivity contribution in [3.8, 4) is 0 Å². The number of aryl methyl sites for hydroxylation is 1. The van der Waals surface area contributed by atoms with E-state index in [0.29, 0.717) is 6.04 Å². The largest absolute Gasteiger partial charge is 0.315 e. The van der Waals surface area contributed by atoms with Gasteiger partial charge in [-0.3, -0.25) is 4.68 Å². The quantitative estimate of drug-likeness (QED) is 0.801. The Balaban J connectivity index is 2.39. The summed E-state index contributed by atoms with van der Waals surface area (Å²) in [5.41, 5.74) is 1.36. The monoisotopic (exact) mass is 224 g/mol. The SMILES string of the molecule is CC(C)NCCC(C)(C)Cc1cn(C)nn1. The first kappa shape index (κ1) is 13.2. The van der Waals surface area contributed by atoms with E-state index in [2.05, 4.69) is 43.3 Å². The normalized spacial score (nSPS) is 12.4. The summed E-state index contributed by atoms with van der Waals surface area (Å²) in [7, 11) is 1.91. The zero-order chi connectivity index (χ0) is 12.2. The Morgan fingerprint density at radius 2 is 2.12 bits per heavy atom. The topological polar surface area (TPSA) is 42.7 Å². The fourth-order valence-electron chi connectivity index (χ4n) is 1.75. The Labute approximate surface area is 98.4 Å². The van der Waals surface area contributed by atoms with E-state index in [4.69, 9.17) is 0 Å². The lowest BCUT2D eigenvalue weighted by Crippen LogP contribution is -2.28. The predicted molar refractivity (Wildman–Crippen MR) is 66.2 cm³/mol. The zero-order valence-electron chi connectivity index (χ0n) is 11.1. The van der Waals surface area contributed by atoms with E-state index in [-0.39, 0.29) is 5.41 Å². The molecule has 0 unspecified atom stereocenters. The lowest BCUT2D eigenvalue weighted by Gasteiger charge is -2.24. The molecular weight excluding hydrogens is 200 g/mol. The third kappa shape index (κ3) is 4.75. The molecule has 1 N–H and O–H groups in total. The van der Waals surface area contributed by atoms with Crippen molar-refractivity contribution in [3.63, 3.8) is 0 Å². The summed E-state index contributed by atoms with van der Waals surface area (Å²) in [6.07, 6.45) is 4.14. The summed E-state index contributed by atoms with van der Waals surface area (Å²) in [5, 5.41) is 11.5. The number of hydrogen-bond acceptors (Lipinski definition) is 3. The standard InChI is InChI=1S/C12H24N4/c1-10(2)13-7-6-12(3,4)8-11-9-16(5)15-14-11/h9-10,13H,6-8H2,1-5H3. The summed E-state index contributed by atoms with van der Waals surface area (Å²) < 4.78 is 1.76. The molecule has 4 nitrogen and oxygen atoms in total. The average Bonchev–Trinajstić information content (AvgIpc) is 2.48. The maximum Gasteiger partial charge on any atom is 0.0832 e. The molecule has 92 valence electrons. The number of hydrogen-bond donors (Lipinski definition) is 1. The summed E-state index contributed by atoms with van der Waals surface area (Å²) in [6.45, 7) is 9.98. The van der Waals surface area contributed by atoms with E-state index in [0.717, 1.165) is 25.1 Å². The van der Waals surface area contributed by atoms with Crippen LogP contribution >= 0.6 is 0 Å². The minimum atomic E-state index is 0.276. The fraction of sp³-hybridized carbons (Fsp3) is 0.833. The van der Waals surface area contributed by atoms with Crippen LogP contribution in [0.3, 0.4) is 0 Å². The van der Waals surface area contributed by atoms with Gasteiger partial charge in [0.15, 0.2) is 0 Å². The Morgan fingerprint density at radius 1 is 1.44 bits per heavy atom. The van der Waals surface area contributed by atoms with E-state index < -0.39 is 0 Å². The van der Waals surface area contributed by atoms with Crippen LogP contribution in [0.25, 0.3) is 0 Å². The van der Waals surface area contributed by atoms with Gasteiger partial charge < -0.3 is 5.32 Å². The molecular formula is C12H24N4. The number of nitrogens with one attached hydrogen (secondary N) is 1. The summed E-state index contributed by atoms with van der Waals surface area (Å²) >= 11 is 0. The molecule has 0 saturated carbocycles. The molecule has 0 atom stereocenters. The van der Waals surface area contributed by atoms with Crippen LogP contribution in [0.4, 0.5) is 0 Å². The van der Waals surface area contributed by atoms with Crippen LogP contribution in [0.1, 0.15) is 39.8 Å². The van der Waals surface area contributed by atoms with Gasteiger partial charge in [0.1, 0.15) is 0 Å². The second-order valence-corrected chi connectivity index (χ2v) is 5.58. The molecule has 1 aromatic rings. The van der Waals surface area contributed by atoms with Crippen molar-refractivity contribution in [2.24, 2.45) is 12.5 Å². The molecule has 1 heterocycles. The molecule has 0 aromatic carbocycles. The average molecular weight is 224 g/mol. The van der Waals surface area contributed by atoms with Gasteiger partial charge >= 0.3 is 0 Å². The lowest BCUT2D eigenvalue weighted by molar-refractivity contribution is 0.317. The Morgan fingerprint density at radius 3 is 2.62 bits per heavy atom. The van der Waals surface area contributed by atoms with Crippen LogP contribution in [0, 0.1) is 5.41 Å². The minimum Gasteiger partial charge on any atom is -0.315 e. The van der Waals surface area contributed by atoms with E-state index in [1.54, 1.807) is 4.68 Å². The summed E-state index contributed by atoms with van der Waals surface area (Å²) in [4.78, 5) is 0. The molecule has 0 fully saturated rings. The van der Waals surface area contributed by atoms with E-state index in [1.165, 1.54) is 0 Å². The van der Waals surface area contributed by atoms with E-state index >= 15 is 0 Å². The molecule has 0 aliphatic rings. The van der Waals surface area contributed by atoms with Gasteiger partial charge in [-0.25, -0.2) is 0 Å². The number of nitrogens with zero attached hydrogens (tertiary/aromatic N) is 3. The molecule has 0 bridgehead atoms. The number of rotatable bonds is 6. The van der Waals surface area contributed by atoms with Crippen LogP contribution < -0.4 is 5.32 Å². The summed E-state index contributed by atoms with van der Waals surface area (Å²) in [5.74, 6) is 0. The van der Waals surface area contributed by atoms with Crippen molar-refractivity contribution in [1.29, 1.82) is 0 Å². The molecule has 0 radical (unpaired) electrons. The van der Waals surface area contributed by atoms with E-state index in [1.807, 2.05) is 13.2 Å². The molecule has 0 amide bonds. The van der Waals surface area contributed by atoms with Gasteiger partial charge in [0.2, 0.25) is 0 Å². The summed E-state index contributed by atoms with van der Waals surface area (Å²) in [6, 6.07) is 0.562. The smallest absolute Gasteiger partial charge is 0.0832 e. The van der Waals surface area contributed by atoms with Crippen LogP contribution in [0.5, 0.6) is 0 Å². The van der Waals surface area contributed by atoms with E-state index in [9.17, 15) is 0 Å². The van der Waals surface area contributed by atoms with Gasteiger partial charge in [-0.1, -0.05) is 32.9 Å². The van der Waals surface area contributed by atoms with Crippen molar-refractivity contribution < 1.29 is 0 Å². The van der Waals surface area contributed by atoms with Crippen LogP contribution in [-0.4, -0.2) is 27.6 Å². The number of aromatic nitrogens is 3. The van der Waals surface area contributed by atoms with Gasteiger partial charge in [0, 0.05) is 19.3 Å². The molecule has 0 saturated heterocycles. The highest BCUT2D eigenvalue weighted by molar-refractivity contribution is 4.96. The van der Waals surface area contributed by atoms with Crippen molar-refractivity contribution in [2.45, 2.75) is 46.6 Å². The molecule has 1 rings (SSSR count). The highest BCUT2D eigenvalue weighted by Gasteiger charge is 2.19. The van der Waals surface area contributed by atoms with Gasteiger partial charge in [0.05, 0.1) is 5.69 Å². The molecule has 4 heteroatoms. The van der Waals surface area contributed by atoms with Gasteiger partial charge in [0.25, 0.3) is 0 Å². The Kier molecular flexibility index (Phi) is 4.47. The predicted octanol–water partition coefficient (Wildman–Crippen LogP) is 1.77. The first-order chi connectivity index (χ1) is 7.39. The molecule has 0 aliphatic carbocycles. The van der Waals surface area contributed by atoms with Crippen LogP contribution in [0.2, 0.25) is 0 Å². The van der Waals surface area contributed by atoms with Crippen molar-refractivity contribution >= 4 is 0 Å². The highest BCUT2D eigenvalue weighted by atomic mass is 15.4. The second kappa shape index (κ2) is 5.43. The van der Waals surface area contributed by atoms with Crippen molar-refractivity contribution in [3.05, 3.63) is 11.9 Å². The Hall–Kier alpha value is -0.900. The van der Waals surface area contributed by atoms with Gasteiger partial charge in [-0.15, -0.1) is 5.10 Å². The fourth-order valence-corrected chi connectivity index (χ4v) is 1.75. The zero-order valence-corrected chi connectivity index (χ0v) is 11.1.